The van der Waals surface area contributed by atoms with Crippen molar-refractivity contribution >= 4 is 29.5 Å². The molecule has 12 heteroatoms. The maximum Gasteiger partial charge on any atom is 0.243 e. The number of nitrogen functional groups attached to an aromatic ring is 1. The van der Waals surface area contributed by atoms with Crippen molar-refractivity contribution in [3.8, 4) is 5.75 Å². The van der Waals surface area contributed by atoms with Crippen LogP contribution in [0.5, 0.6) is 5.75 Å². The van der Waals surface area contributed by atoms with Gasteiger partial charge in [0.05, 0.1) is 7.11 Å². The van der Waals surface area contributed by atoms with Crippen molar-refractivity contribution in [2.45, 2.75) is 102 Å². The molecular formula is C38H56N8O4. The van der Waals surface area contributed by atoms with Crippen LogP contribution in [-0.2, 0) is 27.3 Å². The fourth-order valence-electron chi connectivity index (χ4n) is 7.34. The molecular weight excluding hydrogens is 632 g/mol. The second-order valence-electron chi connectivity index (χ2n) is 13.8. The van der Waals surface area contributed by atoms with Gasteiger partial charge in [-0.05, 0) is 80.0 Å². The van der Waals surface area contributed by atoms with Crippen LogP contribution in [0.15, 0.2) is 53.5 Å². The third kappa shape index (κ3) is 11.8. The number of aliphatic imine (C=N–C) groups is 1. The lowest BCUT2D eigenvalue weighted by atomic mass is 9.76. The SMILES string of the molecule is COc1cccc(CNC(=O)C(CCCN=C(N)N)NC(=O)C(NC(=O)C(Cc2ccc(C(=N)N)cc2)C2CCCCC2)C2CCCCC2)c1. The molecule has 3 amide bonds. The number of hydrogen-bond donors (Lipinski definition) is 7. The van der Waals surface area contributed by atoms with Crippen molar-refractivity contribution in [2.75, 3.05) is 13.7 Å². The molecule has 2 aromatic carbocycles. The predicted octanol–water partition coefficient (Wildman–Crippen LogP) is 3.64. The van der Waals surface area contributed by atoms with E-state index in [0.717, 1.165) is 75.3 Å². The van der Waals surface area contributed by atoms with Crippen LogP contribution in [0.4, 0.5) is 0 Å². The van der Waals surface area contributed by atoms with E-state index in [-0.39, 0.29) is 53.8 Å². The zero-order chi connectivity index (χ0) is 35.9. The number of ether oxygens (including phenoxy) is 1. The van der Waals surface area contributed by atoms with Gasteiger partial charge >= 0.3 is 0 Å². The number of amides is 3. The first kappa shape index (κ1) is 38.2. The van der Waals surface area contributed by atoms with E-state index in [0.29, 0.717) is 37.1 Å². The van der Waals surface area contributed by atoms with Gasteiger partial charge in [-0.1, -0.05) is 74.9 Å². The number of rotatable bonds is 17. The van der Waals surface area contributed by atoms with Crippen LogP contribution in [0, 0.1) is 23.2 Å². The molecule has 272 valence electrons. The van der Waals surface area contributed by atoms with Gasteiger partial charge in [-0.3, -0.25) is 24.8 Å². The molecule has 0 bridgehead atoms. The molecule has 0 heterocycles. The average molecular weight is 689 g/mol. The van der Waals surface area contributed by atoms with Crippen LogP contribution in [0.25, 0.3) is 0 Å². The zero-order valence-corrected chi connectivity index (χ0v) is 29.4. The minimum Gasteiger partial charge on any atom is -0.497 e. The molecule has 0 aromatic heterocycles. The summed E-state index contributed by atoms with van der Waals surface area (Å²) in [6.07, 6.45) is 11.3. The molecule has 2 aromatic rings. The predicted molar refractivity (Wildman–Crippen MR) is 196 cm³/mol. The molecule has 3 unspecified atom stereocenters. The van der Waals surface area contributed by atoms with E-state index in [1.807, 2.05) is 48.5 Å². The van der Waals surface area contributed by atoms with Gasteiger partial charge in [0.15, 0.2) is 5.96 Å². The first-order valence-corrected chi connectivity index (χ1v) is 18.1. The van der Waals surface area contributed by atoms with Gasteiger partial charge in [0.2, 0.25) is 17.7 Å². The normalized spacial score (nSPS) is 17.1. The minimum atomic E-state index is -0.848. The number of nitrogens with one attached hydrogen (secondary N) is 4. The summed E-state index contributed by atoms with van der Waals surface area (Å²) in [7, 11) is 1.59. The molecule has 2 aliphatic rings. The lowest BCUT2D eigenvalue weighted by Crippen LogP contribution is -2.57. The van der Waals surface area contributed by atoms with Gasteiger partial charge in [0, 0.05) is 24.6 Å². The Bertz CT molecular complexity index is 1450. The molecule has 12 nitrogen and oxygen atoms in total. The third-order valence-electron chi connectivity index (χ3n) is 10.2. The fraction of sp³-hybridized carbons (Fsp3) is 0.553. The van der Waals surface area contributed by atoms with Gasteiger partial charge in [-0.15, -0.1) is 0 Å². The smallest absolute Gasteiger partial charge is 0.243 e. The Kier molecular flexibility index (Phi) is 14.9. The Labute approximate surface area is 296 Å². The fourth-order valence-corrected chi connectivity index (χ4v) is 7.34. The molecule has 2 fully saturated rings. The maximum absolute atomic E-state index is 14.3. The first-order chi connectivity index (χ1) is 24.1. The van der Waals surface area contributed by atoms with Gasteiger partial charge in [0.25, 0.3) is 0 Å². The average Bonchev–Trinajstić information content (AvgIpc) is 3.13. The highest BCUT2D eigenvalue weighted by molar-refractivity contribution is 5.95. The summed E-state index contributed by atoms with van der Waals surface area (Å²) in [6, 6.07) is 13.3. The highest BCUT2D eigenvalue weighted by Gasteiger charge is 2.37. The summed E-state index contributed by atoms with van der Waals surface area (Å²) < 4.78 is 5.31. The Morgan fingerprint density at radius 1 is 0.840 bits per heavy atom. The maximum atomic E-state index is 14.3. The van der Waals surface area contributed by atoms with Crippen molar-refractivity contribution in [3.63, 3.8) is 0 Å². The molecule has 3 atom stereocenters. The number of guanidine groups is 1. The monoisotopic (exact) mass is 688 g/mol. The summed E-state index contributed by atoms with van der Waals surface area (Å²) in [4.78, 5) is 46.2. The van der Waals surface area contributed by atoms with Gasteiger partial charge in [-0.25, -0.2) is 0 Å². The number of nitrogens with two attached hydrogens (primary N) is 3. The van der Waals surface area contributed by atoms with Crippen LogP contribution >= 0.6 is 0 Å². The number of carbonyl (C=O) groups is 3. The Balaban J connectivity index is 1.53. The summed E-state index contributed by atoms with van der Waals surface area (Å²) in [6.45, 7) is 0.576. The molecule has 2 aliphatic carbocycles. The summed E-state index contributed by atoms with van der Waals surface area (Å²) >= 11 is 0. The molecule has 2 saturated carbocycles. The van der Waals surface area contributed by atoms with Crippen molar-refractivity contribution in [1.29, 1.82) is 5.41 Å². The van der Waals surface area contributed by atoms with Gasteiger partial charge in [0.1, 0.15) is 23.7 Å². The van der Waals surface area contributed by atoms with Crippen LogP contribution in [0.2, 0.25) is 0 Å². The minimum absolute atomic E-state index is 0.00276. The summed E-state index contributed by atoms with van der Waals surface area (Å²) in [5, 5.41) is 16.9. The second kappa shape index (κ2) is 19.5. The van der Waals surface area contributed by atoms with Gasteiger partial charge in [-0.2, -0.15) is 0 Å². The van der Waals surface area contributed by atoms with E-state index in [9.17, 15) is 14.4 Å². The topological polar surface area (TPSA) is 211 Å². The lowest BCUT2D eigenvalue weighted by Gasteiger charge is -2.34. The second-order valence-corrected chi connectivity index (χ2v) is 13.8. The van der Waals surface area contributed by atoms with Crippen LogP contribution in [-0.4, -0.2) is 55.3 Å². The number of nitrogens with zero attached hydrogens (tertiary/aromatic N) is 1. The van der Waals surface area contributed by atoms with Crippen LogP contribution in [0.3, 0.4) is 0 Å². The van der Waals surface area contributed by atoms with Crippen molar-refractivity contribution in [3.05, 3.63) is 65.2 Å². The number of benzene rings is 2. The first-order valence-electron chi connectivity index (χ1n) is 18.1. The van der Waals surface area contributed by atoms with E-state index in [1.54, 1.807) is 7.11 Å². The van der Waals surface area contributed by atoms with E-state index in [2.05, 4.69) is 20.9 Å². The standard InChI is InChI=1S/C38H56N8O4/c1-50-30-15-8-10-26(22-30)24-44-36(48)32(16-9-21-43-38(41)42)45-37(49)33(28-13-6-3-7-14-28)46-35(47)31(27-11-4-2-5-12-27)23-25-17-19-29(20-18-25)34(39)40/h8,10,15,17-20,22,27-28,31-33H,2-7,9,11-14,16,21,23-24H2,1H3,(H3,39,40)(H,44,48)(H,45,49)(H,46,47)(H4,41,42,43). The third-order valence-corrected chi connectivity index (χ3v) is 10.2. The summed E-state index contributed by atoms with van der Waals surface area (Å²) in [5.41, 5.74) is 19.2. The van der Waals surface area contributed by atoms with Crippen molar-refractivity contribution in [2.24, 2.45) is 39.9 Å². The molecule has 0 radical (unpaired) electrons. The molecule has 0 aliphatic heterocycles. The molecule has 50 heavy (non-hydrogen) atoms. The molecule has 0 saturated heterocycles. The highest BCUT2D eigenvalue weighted by Crippen LogP contribution is 2.33. The quantitative estimate of drug-likeness (QED) is 0.0744. The molecule has 10 N–H and O–H groups in total. The number of methoxy groups -OCH3 is 1. The Morgan fingerprint density at radius 3 is 2.12 bits per heavy atom. The van der Waals surface area contributed by atoms with Crippen molar-refractivity contribution in [1.82, 2.24) is 16.0 Å². The van der Waals surface area contributed by atoms with E-state index in [1.165, 1.54) is 0 Å². The number of carbonyl (C=O) groups excluding carboxylic acids is 3. The van der Waals surface area contributed by atoms with Gasteiger partial charge < -0.3 is 37.9 Å². The molecule has 4 rings (SSSR count). The number of amidine groups is 1. The zero-order valence-electron chi connectivity index (χ0n) is 29.4. The van der Waals surface area contributed by atoms with E-state index < -0.39 is 12.1 Å². The highest BCUT2D eigenvalue weighted by atomic mass is 16.5. The van der Waals surface area contributed by atoms with Crippen LogP contribution in [0.1, 0.15) is 93.7 Å². The summed E-state index contributed by atoms with van der Waals surface area (Å²) in [5.74, 6) is -0.268. The largest absolute Gasteiger partial charge is 0.497 e. The Morgan fingerprint density at radius 2 is 1.50 bits per heavy atom. The van der Waals surface area contributed by atoms with E-state index in [4.69, 9.17) is 27.3 Å². The Hall–Kier alpha value is -4.61. The van der Waals surface area contributed by atoms with Crippen LogP contribution < -0.4 is 37.9 Å². The van der Waals surface area contributed by atoms with Crippen molar-refractivity contribution < 1.29 is 19.1 Å². The van der Waals surface area contributed by atoms with E-state index >= 15 is 0 Å². The number of hydrogen-bond acceptors (Lipinski definition) is 6. The lowest BCUT2D eigenvalue weighted by molar-refractivity contribution is -0.135. The molecule has 0 spiro atoms.